The number of carbonyl (C=O) groups is 1. The van der Waals surface area contributed by atoms with E-state index in [1.165, 1.54) is 5.56 Å². The number of hydrogen-bond acceptors (Lipinski definition) is 3. The third kappa shape index (κ3) is 4.62. The summed E-state index contributed by atoms with van der Waals surface area (Å²) in [6, 6.07) is 24.5. The number of aryl methyl sites for hydroxylation is 1. The summed E-state index contributed by atoms with van der Waals surface area (Å²) in [5, 5.41) is 3.03. The first-order valence-electron chi connectivity index (χ1n) is 10.5. The number of anilines is 2. The van der Waals surface area contributed by atoms with Crippen LogP contribution in [0.3, 0.4) is 0 Å². The maximum Gasteiger partial charge on any atom is 0.321 e. The number of amides is 2. The molecule has 0 radical (unpaired) electrons. The second-order valence-corrected chi connectivity index (χ2v) is 7.84. The molecule has 0 spiro atoms. The standard InChI is InChI=1S/C25H28N4O/c1-19-7-6-10-24(26-19)29-17-15-23(16-18-29)28(2)25(30)27-22-13-11-21(12-14-22)20-8-4-3-5-9-20/h3-14,23H,15-18H2,1-2H3,(H,27,30). The average Bonchev–Trinajstić information content (AvgIpc) is 2.80. The second-order valence-electron chi connectivity index (χ2n) is 7.84. The van der Waals surface area contributed by atoms with Crippen molar-refractivity contribution in [2.24, 2.45) is 0 Å². The number of benzene rings is 2. The number of rotatable bonds is 4. The van der Waals surface area contributed by atoms with Gasteiger partial charge in [0.05, 0.1) is 0 Å². The largest absolute Gasteiger partial charge is 0.356 e. The zero-order valence-corrected chi connectivity index (χ0v) is 17.6. The molecule has 5 nitrogen and oxygen atoms in total. The van der Waals surface area contributed by atoms with Crippen LogP contribution in [0.15, 0.2) is 72.8 Å². The van der Waals surface area contributed by atoms with Gasteiger partial charge in [-0.05, 0) is 55.2 Å². The lowest BCUT2D eigenvalue weighted by molar-refractivity contribution is 0.193. The zero-order chi connectivity index (χ0) is 20.9. The molecule has 154 valence electrons. The van der Waals surface area contributed by atoms with E-state index in [2.05, 4.69) is 33.4 Å². The van der Waals surface area contributed by atoms with E-state index >= 15 is 0 Å². The van der Waals surface area contributed by atoms with Gasteiger partial charge in [-0.25, -0.2) is 9.78 Å². The van der Waals surface area contributed by atoms with Crippen molar-refractivity contribution < 1.29 is 4.79 Å². The number of aromatic nitrogens is 1. The number of pyridine rings is 1. The fourth-order valence-electron chi connectivity index (χ4n) is 3.94. The van der Waals surface area contributed by atoms with E-state index in [0.29, 0.717) is 0 Å². The minimum Gasteiger partial charge on any atom is -0.356 e. The van der Waals surface area contributed by atoms with Crippen LogP contribution in [-0.4, -0.2) is 42.1 Å². The fourth-order valence-corrected chi connectivity index (χ4v) is 3.94. The van der Waals surface area contributed by atoms with Gasteiger partial charge in [-0.2, -0.15) is 0 Å². The number of hydrogen-bond donors (Lipinski definition) is 1. The van der Waals surface area contributed by atoms with Gasteiger partial charge in [-0.15, -0.1) is 0 Å². The van der Waals surface area contributed by atoms with Gasteiger partial charge in [-0.1, -0.05) is 48.5 Å². The van der Waals surface area contributed by atoms with E-state index in [4.69, 9.17) is 0 Å². The first-order chi connectivity index (χ1) is 14.6. The summed E-state index contributed by atoms with van der Waals surface area (Å²) < 4.78 is 0. The number of urea groups is 1. The molecule has 0 atom stereocenters. The Kier molecular flexibility index (Phi) is 5.98. The van der Waals surface area contributed by atoms with Gasteiger partial charge in [0, 0.05) is 37.6 Å². The minimum absolute atomic E-state index is 0.0606. The van der Waals surface area contributed by atoms with Gasteiger partial charge < -0.3 is 15.1 Å². The Morgan fingerprint density at radius 3 is 2.27 bits per heavy atom. The van der Waals surface area contributed by atoms with Crippen LogP contribution in [0, 0.1) is 6.92 Å². The molecule has 1 N–H and O–H groups in total. The summed E-state index contributed by atoms with van der Waals surface area (Å²) in [6.07, 6.45) is 1.87. The topological polar surface area (TPSA) is 48.5 Å². The Morgan fingerprint density at radius 2 is 1.60 bits per heavy atom. The molecule has 0 aliphatic carbocycles. The van der Waals surface area contributed by atoms with Crippen LogP contribution in [0.5, 0.6) is 0 Å². The van der Waals surface area contributed by atoms with Crippen molar-refractivity contribution >= 4 is 17.5 Å². The quantitative estimate of drug-likeness (QED) is 0.656. The van der Waals surface area contributed by atoms with Gasteiger partial charge in [-0.3, -0.25) is 0 Å². The van der Waals surface area contributed by atoms with Crippen LogP contribution < -0.4 is 10.2 Å². The Hall–Kier alpha value is -3.34. The van der Waals surface area contributed by atoms with E-state index in [-0.39, 0.29) is 12.1 Å². The molecule has 1 aliphatic heterocycles. The molecule has 30 heavy (non-hydrogen) atoms. The highest BCUT2D eigenvalue weighted by atomic mass is 16.2. The minimum atomic E-state index is -0.0606. The van der Waals surface area contributed by atoms with Crippen molar-refractivity contribution in [2.75, 3.05) is 30.4 Å². The van der Waals surface area contributed by atoms with E-state index in [9.17, 15) is 4.79 Å². The van der Waals surface area contributed by atoms with Crippen LogP contribution in [-0.2, 0) is 0 Å². The molecule has 2 heterocycles. The van der Waals surface area contributed by atoms with Crippen molar-refractivity contribution in [2.45, 2.75) is 25.8 Å². The molecule has 1 aliphatic rings. The van der Waals surface area contributed by atoms with Gasteiger partial charge in [0.15, 0.2) is 0 Å². The molecule has 0 bridgehead atoms. The van der Waals surface area contributed by atoms with Gasteiger partial charge in [0.2, 0.25) is 0 Å². The number of piperidine rings is 1. The zero-order valence-electron chi connectivity index (χ0n) is 17.6. The van der Waals surface area contributed by atoms with Crippen LogP contribution >= 0.6 is 0 Å². The third-order valence-electron chi connectivity index (χ3n) is 5.77. The summed E-state index contributed by atoms with van der Waals surface area (Å²) in [6.45, 7) is 3.83. The molecule has 0 saturated carbocycles. The number of carbonyl (C=O) groups excluding carboxylic acids is 1. The molecule has 1 aromatic heterocycles. The van der Waals surface area contributed by atoms with Crippen LogP contribution in [0.1, 0.15) is 18.5 Å². The van der Waals surface area contributed by atoms with Crippen LogP contribution in [0.2, 0.25) is 0 Å². The molecule has 2 amide bonds. The van der Waals surface area contributed by atoms with Gasteiger partial charge in [0.1, 0.15) is 5.82 Å². The summed E-state index contributed by atoms with van der Waals surface area (Å²) in [5.41, 5.74) is 4.15. The lowest BCUT2D eigenvalue weighted by Gasteiger charge is -2.37. The van der Waals surface area contributed by atoms with Crippen molar-refractivity contribution in [3.63, 3.8) is 0 Å². The SMILES string of the molecule is Cc1cccc(N2CCC(N(C)C(=O)Nc3ccc(-c4ccccc4)cc3)CC2)n1. The normalized spacial score (nSPS) is 14.4. The predicted octanol–water partition coefficient (Wildman–Crippen LogP) is 5.19. The van der Waals surface area contributed by atoms with Crippen LogP contribution in [0.25, 0.3) is 11.1 Å². The highest BCUT2D eigenvalue weighted by Gasteiger charge is 2.26. The second kappa shape index (κ2) is 8.99. The van der Waals surface area contributed by atoms with E-state index < -0.39 is 0 Å². The average molecular weight is 401 g/mol. The lowest BCUT2D eigenvalue weighted by atomic mass is 10.0. The summed E-state index contributed by atoms with van der Waals surface area (Å²) in [5.74, 6) is 1.03. The number of nitrogens with zero attached hydrogens (tertiary/aromatic N) is 3. The smallest absolute Gasteiger partial charge is 0.321 e. The Bertz CT molecular complexity index is 980. The molecule has 1 saturated heterocycles. The summed E-state index contributed by atoms with van der Waals surface area (Å²) >= 11 is 0. The molecular formula is C25H28N4O. The maximum atomic E-state index is 12.8. The Morgan fingerprint density at radius 1 is 0.933 bits per heavy atom. The van der Waals surface area contributed by atoms with Crippen molar-refractivity contribution in [3.05, 3.63) is 78.5 Å². The molecule has 3 aromatic rings. The van der Waals surface area contributed by atoms with E-state index in [1.54, 1.807) is 0 Å². The maximum absolute atomic E-state index is 12.8. The molecule has 4 rings (SSSR count). The fraction of sp³-hybridized carbons (Fsp3) is 0.280. The predicted molar refractivity (Wildman–Crippen MR) is 123 cm³/mol. The molecule has 1 fully saturated rings. The van der Waals surface area contributed by atoms with E-state index in [1.807, 2.05) is 73.5 Å². The monoisotopic (exact) mass is 400 g/mol. The van der Waals surface area contributed by atoms with Crippen molar-refractivity contribution in [1.82, 2.24) is 9.88 Å². The lowest BCUT2D eigenvalue weighted by Crippen LogP contribution is -2.47. The van der Waals surface area contributed by atoms with E-state index in [0.717, 1.165) is 48.7 Å². The molecule has 5 heteroatoms. The summed E-state index contributed by atoms with van der Waals surface area (Å²) in [4.78, 5) is 21.5. The molecule has 2 aromatic carbocycles. The van der Waals surface area contributed by atoms with Crippen LogP contribution in [0.4, 0.5) is 16.3 Å². The molecule has 0 unspecified atom stereocenters. The summed E-state index contributed by atoms with van der Waals surface area (Å²) in [7, 11) is 1.89. The highest BCUT2D eigenvalue weighted by molar-refractivity contribution is 5.89. The van der Waals surface area contributed by atoms with Gasteiger partial charge in [0.25, 0.3) is 0 Å². The number of nitrogens with one attached hydrogen (secondary N) is 1. The van der Waals surface area contributed by atoms with Gasteiger partial charge >= 0.3 is 6.03 Å². The molecular weight excluding hydrogens is 372 g/mol. The first-order valence-corrected chi connectivity index (χ1v) is 10.5. The Labute approximate surface area is 178 Å². The Balaban J connectivity index is 1.32. The van der Waals surface area contributed by atoms with Crippen molar-refractivity contribution in [1.29, 1.82) is 0 Å². The highest BCUT2D eigenvalue weighted by Crippen LogP contribution is 2.23. The first kappa shape index (κ1) is 20.0. The van der Waals surface area contributed by atoms with Crippen molar-refractivity contribution in [3.8, 4) is 11.1 Å². The third-order valence-corrected chi connectivity index (χ3v) is 5.77.